The van der Waals surface area contributed by atoms with Crippen molar-refractivity contribution in [3.8, 4) is 0 Å². The number of aryl methyl sites for hydroxylation is 1. The van der Waals surface area contributed by atoms with Crippen molar-refractivity contribution < 1.29 is 0 Å². The highest BCUT2D eigenvalue weighted by atomic mass is 15.2. The Balaban J connectivity index is 1.94. The molecule has 3 heteroatoms. The van der Waals surface area contributed by atoms with Crippen LogP contribution in [0.15, 0.2) is 12.4 Å². The molecule has 0 amide bonds. The summed E-state index contributed by atoms with van der Waals surface area (Å²) >= 11 is 0. The average Bonchev–Trinajstić information content (AvgIpc) is 2.74. The summed E-state index contributed by atoms with van der Waals surface area (Å²) in [5, 5.41) is 7.68. The zero-order valence-electron chi connectivity index (χ0n) is 10.4. The standard InChI is InChI=1S/C13H23N3/c1-14-13(12-9-15-16(2)10-12)8-11-6-4-3-5-7-11/h9-11,13-14H,3-8H2,1-2H3. The molecule has 1 saturated carbocycles. The topological polar surface area (TPSA) is 29.9 Å². The Labute approximate surface area is 98.2 Å². The lowest BCUT2D eigenvalue weighted by atomic mass is 9.84. The van der Waals surface area contributed by atoms with Gasteiger partial charge in [-0.15, -0.1) is 0 Å². The van der Waals surface area contributed by atoms with Crippen molar-refractivity contribution >= 4 is 0 Å². The van der Waals surface area contributed by atoms with E-state index in [2.05, 4.69) is 23.7 Å². The van der Waals surface area contributed by atoms with E-state index >= 15 is 0 Å². The molecule has 1 atom stereocenters. The summed E-state index contributed by atoms with van der Waals surface area (Å²) in [6, 6.07) is 0.483. The number of aromatic nitrogens is 2. The second-order valence-electron chi connectivity index (χ2n) is 5.03. The van der Waals surface area contributed by atoms with Gasteiger partial charge in [0.25, 0.3) is 0 Å². The van der Waals surface area contributed by atoms with Crippen molar-refractivity contribution in [1.29, 1.82) is 0 Å². The fraction of sp³-hybridized carbons (Fsp3) is 0.769. The molecule has 1 N–H and O–H groups in total. The van der Waals surface area contributed by atoms with Crippen LogP contribution in [0.5, 0.6) is 0 Å². The highest BCUT2D eigenvalue weighted by Crippen LogP contribution is 2.31. The summed E-state index contributed by atoms with van der Waals surface area (Å²) in [5.74, 6) is 0.909. The summed E-state index contributed by atoms with van der Waals surface area (Å²) in [6.07, 6.45) is 12.5. The van der Waals surface area contributed by atoms with Crippen LogP contribution in [0.4, 0.5) is 0 Å². The third-order valence-corrected chi connectivity index (χ3v) is 3.77. The zero-order valence-corrected chi connectivity index (χ0v) is 10.4. The molecule has 1 aliphatic rings. The Morgan fingerprint density at radius 3 is 2.75 bits per heavy atom. The third kappa shape index (κ3) is 2.85. The second-order valence-corrected chi connectivity index (χ2v) is 5.03. The van der Waals surface area contributed by atoms with Crippen LogP contribution in [-0.4, -0.2) is 16.8 Å². The zero-order chi connectivity index (χ0) is 11.4. The molecule has 1 aromatic rings. The van der Waals surface area contributed by atoms with Crippen molar-refractivity contribution in [1.82, 2.24) is 15.1 Å². The average molecular weight is 221 g/mol. The normalized spacial score (nSPS) is 19.9. The van der Waals surface area contributed by atoms with Crippen molar-refractivity contribution in [3.05, 3.63) is 18.0 Å². The second kappa shape index (κ2) is 5.48. The van der Waals surface area contributed by atoms with Gasteiger partial charge in [0.1, 0.15) is 0 Å². The molecule has 1 heterocycles. The number of hydrogen-bond donors (Lipinski definition) is 1. The van der Waals surface area contributed by atoms with Gasteiger partial charge in [0.15, 0.2) is 0 Å². The van der Waals surface area contributed by atoms with Gasteiger partial charge in [0, 0.05) is 24.8 Å². The predicted octanol–water partition coefficient (Wildman–Crippen LogP) is 2.65. The first-order valence-electron chi connectivity index (χ1n) is 6.45. The molecule has 1 fully saturated rings. The fourth-order valence-electron chi connectivity index (χ4n) is 2.80. The molecule has 0 spiro atoms. The van der Waals surface area contributed by atoms with E-state index in [0.717, 1.165) is 5.92 Å². The molecule has 0 saturated heterocycles. The van der Waals surface area contributed by atoms with Gasteiger partial charge in [-0.2, -0.15) is 5.10 Å². The largest absolute Gasteiger partial charge is 0.313 e. The van der Waals surface area contributed by atoms with Crippen molar-refractivity contribution in [2.75, 3.05) is 7.05 Å². The molecular formula is C13H23N3. The van der Waals surface area contributed by atoms with Gasteiger partial charge in [0.2, 0.25) is 0 Å². The lowest BCUT2D eigenvalue weighted by molar-refractivity contribution is 0.306. The summed E-state index contributed by atoms with van der Waals surface area (Å²) < 4.78 is 1.89. The van der Waals surface area contributed by atoms with Crippen LogP contribution < -0.4 is 5.32 Å². The van der Waals surface area contributed by atoms with E-state index in [1.165, 1.54) is 44.1 Å². The molecule has 3 nitrogen and oxygen atoms in total. The highest BCUT2D eigenvalue weighted by Gasteiger charge is 2.19. The first-order valence-corrected chi connectivity index (χ1v) is 6.45. The van der Waals surface area contributed by atoms with Crippen LogP contribution in [-0.2, 0) is 7.05 Å². The van der Waals surface area contributed by atoms with E-state index in [0.29, 0.717) is 6.04 Å². The first-order chi connectivity index (χ1) is 7.79. The van der Waals surface area contributed by atoms with Crippen LogP contribution in [0.1, 0.15) is 50.1 Å². The van der Waals surface area contributed by atoms with E-state index in [9.17, 15) is 0 Å². The molecule has 0 aliphatic heterocycles. The Bertz CT molecular complexity index is 313. The minimum Gasteiger partial charge on any atom is -0.313 e. The summed E-state index contributed by atoms with van der Waals surface area (Å²) in [7, 11) is 4.04. The van der Waals surface area contributed by atoms with Crippen LogP contribution >= 0.6 is 0 Å². The predicted molar refractivity (Wildman–Crippen MR) is 66.2 cm³/mol. The number of nitrogens with one attached hydrogen (secondary N) is 1. The Hall–Kier alpha value is -0.830. The van der Waals surface area contributed by atoms with Crippen molar-refractivity contribution in [3.63, 3.8) is 0 Å². The Morgan fingerprint density at radius 2 is 2.19 bits per heavy atom. The van der Waals surface area contributed by atoms with E-state index < -0.39 is 0 Å². The van der Waals surface area contributed by atoms with Gasteiger partial charge in [-0.1, -0.05) is 32.1 Å². The molecule has 0 aromatic carbocycles. The Kier molecular flexibility index (Phi) is 3.99. The maximum atomic E-state index is 4.26. The van der Waals surface area contributed by atoms with Gasteiger partial charge < -0.3 is 5.32 Å². The molecule has 0 bridgehead atoms. The van der Waals surface area contributed by atoms with Crippen LogP contribution in [0.25, 0.3) is 0 Å². The number of rotatable bonds is 4. The lowest BCUT2D eigenvalue weighted by Crippen LogP contribution is -2.20. The molecule has 1 unspecified atom stereocenters. The molecule has 0 radical (unpaired) electrons. The molecule has 1 aliphatic carbocycles. The third-order valence-electron chi connectivity index (χ3n) is 3.77. The minimum absolute atomic E-state index is 0.483. The minimum atomic E-state index is 0.483. The van der Waals surface area contributed by atoms with Crippen LogP contribution in [0.2, 0.25) is 0 Å². The first kappa shape index (κ1) is 11.6. The van der Waals surface area contributed by atoms with Gasteiger partial charge in [0.05, 0.1) is 6.20 Å². The van der Waals surface area contributed by atoms with Crippen LogP contribution in [0.3, 0.4) is 0 Å². The highest BCUT2D eigenvalue weighted by molar-refractivity contribution is 5.10. The van der Waals surface area contributed by atoms with E-state index in [-0.39, 0.29) is 0 Å². The lowest BCUT2D eigenvalue weighted by Gasteiger charge is -2.25. The molecule has 1 aromatic heterocycles. The van der Waals surface area contributed by atoms with Crippen LogP contribution in [0, 0.1) is 5.92 Å². The molecular weight excluding hydrogens is 198 g/mol. The molecule has 90 valence electrons. The monoisotopic (exact) mass is 221 g/mol. The van der Waals surface area contributed by atoms with Gasteiger partial charge in [-0.3, -0.25) is 4.68 Å². The van der Waals surface area contributed by atoms with E-state index in [4.69, 9.17) is 0 Å². The van der Waals surface area contributed by atoms with Crippen molar-refractivity contribution in [2.24, 2.45) is 13.0 Å². The SMILES string of the molecule is CNC(CC1CCCCC1)c1cnn(C)c1. The fourth-order valence-corrected chi connectivity index (χ4v) is 2.80. The Morgan fingerprint density at radius 1 is 1.44 bits per heavy atom. The quantitative estimate of drug-likeness (QED) is 0.847. The van der Waals surface area contributed by atoms with Gasteiger partial charge in [-0.25, -0.2) is 0 Å². The van der Waals surface area contributed by atoms with Gasteiger partial charge >= 0.3 is 0 Å². The molecule has 2 rings (SSSR count). The maximum Gasteiger partial charge on any atom is 0.0537 e. The van der Waals surface area contributed by atoms with E-state index in [1.807, 2.05) is 17.9 Å². The maximum absolute atomic E-state index is 4.26. The summed E-state index contributed by atoms with van der Waals surface area (Å²) in [6.45, 7) is 0. The molecule has 16 heavy (non-hydrogen) atoms. The summed E-state index contributed by atoms with van der Waals surface area (Å²) in [5.41, 5.74) is 1.33. The van der Waals surface area contributed by atoms with E-state index in [1.54, 1.807) is 0 Å². The smallest absolute Gasteiger partial charge is 0.0537 e. The van der Waals surface area contributed by atoms with Crippen molar-refractivity contribution in [2.45, 2.75) is 44.6 Å². The van der Waals surface area contributed by atoms with Gasteiger partial charge in [-0.05, 0) is 19.4 Å². The number of hydrogen-bond acceptors (Lipinski definition) is 2. The number of nitrogens with zero attached hydrogens (tertiary/aromatic N) is 2. The summed E-state index contributed by atoms with van der Waals surface area (Å²) in [4.78, 5) is 0.